The molecule has 0 saturated heterocycles. The monoisotopic (exact) mass is 275 g/mol. The molecule has 0 spiro atoms. The second-order valence-electron chi connectivity index (χ2n) is 3.79. The topological polar surface area (TPSA) is 66.8 Å². The van der Waals surface area contributed by atoms with Crippen molar-refractivity contribution in [1.82, 2.24) is 0 Å². The fraction of sp³-hybridized carbons (Fsp3) is 0.0625. The summed E-state index contributed by atoms with van der Waals surface area (Å²) >= 11 is 0. The lowest BCUT2D eigenvalue weighted by Gasteiger charge is -2.02. The molecule has 2 aromatic rings. The Kier molecular flexibility index (Phi) is 2.71. The number of hydrogen-bond donors (Lipinski definition) is 2. The largest absolute Gasteiger partial charge is 0.504 e. The SMILES string of the molecule is [2H]c1c([2H])c([2H])c(COC(=O)/C=C/c2ccc(O)c(O)c2)c([2H])c1[2H]. The van der Waals surface area contributed by atoms with E-state index in [1.165, 1.54) is 24.3 Å². The van der Waals surface area contributed by atoms with Gasteiger partial charge in [-0.15, -0.1) is 0 Å². The number of benzene rings is 2. The fourth-order valence-corrected chi connectivity index (χ4v) is 1.35. The van der Waals surface area contributed by atoms with Gasteiger partial charge in [-0.25, -0.2) is 4.79 Å². The molecular weight excluding hydrogens is 256 g/mol. The van der Waals surface area contributed by atoms with Gasteiger partial charge in [-0.1, -0.05) is 36.3 Å². The Morgan fingerprint density at radius 3 is 2.65 bits per heavy atom. The van der Waals surface area contributed by atoms with Crippen molar-refractivity contribution in [3.05, 3.63) is 65.6 Å². The Bertz CT molecular complexity index is 835. The zero-order valence-electron chi connectivity index (χ0n) is 15.3. The van der Waals surface area contributed by atoms with Crippen LogP contribution in [0.5, 0.6) is 11.5 Å². The highest BCUT2D eigenvalue weighted by Gasteiger charge is 2.00. The van der Waals surface area contributed by atoms with Crippen LogP contribution in [0.2, 0.25) is 0 Å². The summed E-state index contributed by atoms with van der Waals surface area (Å²) in [5.74, 6) is -1.42. The first kappa shape index (κ1) is 8.43. The number of phenolic OH excluding ortho intramolecular Hbond substituents is 2. The lowest BCUT2D eigenvalue weighted by Crippen LogP contribution is -2.00. The highest BCUT2D eigenvalue weighted by molar-refractivity contribution is 5.87. The van der Waals surface area contributed by atoms with Crippen LogP contribution >= 0.6 is 0 Å². The molecule has 0 aliphatic heterocycles. The standard InChI is InChI=1S/C16H14O4/c17-14-8-6-12(10-15(14)18)7-9-16(19)20-11-13-4-2-1-3-5-13/h1-10,17-18H,11H2/b9-7+/i1D,2D,3D,4D,5D. The highest BCUT2D eigenvalue weighted by Crippen LogP contribution is 2.25. The summed E-state index contributed by atoms with van der Waals surface area (Å²) in [5, 5.41) is 18.6. The maximum absolute atomic E-state index is 11.7. The molecule has 0 aliphatic carbocycles. The van der Waals surface area contributed by atoms with Gasteiger partial charge >= 0.3 is 5.97 Å². The van der Waals surface area contributed by atoms with Crippen molar-refractivity contribution in [2.75, 3.05) is 0 Å². The normalized spacial score (nSPS) is 14.1. The summed E-state index contributed by atoms with van der Waals surface area (Å²) in [7, 11) is 0. The summed E-state index contributed by atoms with van der Waals surface area (Å²) < 4.78 is 42.9. The number of hydrogen-bond acceptors (Lipinski definition) is 4. The van der Waals surface area contributed by atoms with Crippen molar-refractivity contribution in [3.63, 3.8) is 0 Å². The summed E-state index contributed by atoms with van der Waals surface area (Å²) in [6, 6.07) is 1.61. The van der Waals surface area contributed by atoms with Gasteiger partial charge in [-0.3, -0.25) is 0 Å². The van der Waals surface area contributed by atoms with Gasteiger partial charge in [0.2, 0.25) is 0 Å². The van der Waals surface area contributed by atoms with Gasteiger partial charge in [-0.2, -0.15) is 0 Å². The van der Waals surface area contributed by atoms with Crippen LogP contribution in [0.15, 0.2) is 54.5 Å². The molecule has 20 heavy (non-hydrogen) atoms. The van der Waals surface area contributed by atoms with E-state index < -0.39 is 42.8 Å². The zero-order chi connectivity index (χ0) is 18.7. The molecule has 4 nitrogen and oxygen atoms in total. The average molecular weight is 275 g/mol. The number of ether oxygens (including phenoxy) is 1. The number of carbonyl (C=O) groups excluding carboxylic acids is 1. The molecule has 0 amide bonds. The predicted octanol–water partition coefficient (Wildman–Crippen LogP) is 2.85. The summed E-state index contributed by atoms with van der Waals surface area (Å²) in [5.41, 5.74) is 0.324. The molecule has 0 aliphatic rings. The van der Waals surface area contributed by atoms with Crippen LogP contribution in [0.3, 0.4) is 0 Å². The van der Waals surface area contributed by atoms with Crippen molar-refractivity contribution >= 4 is 12.0 Å². The highest BCUT2D eigenvalue weighted by atomic mass is 16.5. The number of carbonyl (C=O) groups is 1. The van der Waals surface area contributed by atoms with Crippen molar-refractivity contribution in [1.29, 1.82) is 0 Å². The number of esters is 1. The Morgan fingerprint density at radius 2 is 1.95 bits per heavy atom. The molecular formula is C16H14O4. The molecule has 2 aromatic carbocycles. The Balaban J connectivity index is 2.10. The van der Waals surface area contributed by atoms with Crippen LogP contribution in [0.25, 0.3) is 6.08 Å². The maximum Gasteiger partial charge on any atom is 0.331 e. The molecule has 102 valence electrons. The van der Waals surface area contributed by atoms with E-state index in [0.717, 1.165) is 6.08 Å². The summed E-state index contributed by atoms with van der Waals surface area (Å²) in [6.45, 7) is -0.473. The maximum atomic E-state index is 11.7. The third-order valence-electron chi connectivity index (χ3n) is 2.32. The van der Waals surface area contributed by atoms with Gasteiger partial charge in [0.1, 0.15) is 6.61 Å². The second-order valence-corrected chi connectivity index (χ2v) is 3.79. The van der Waals surface area contributed by atoms with Crippen molar-refractivity contribution in [2.24, 2.45) is 0 Å². The molecule has 4 heteroatoms. The van der Waals surface area contributed by atoms with E-state index in [1.54, 1.807) is 0 Å². The molecule has 0 saturated carbocycles. The third kappa shape index (κ3) is 3.88. The minimum absolute atomic E-state index is 0.116. The molecule has 2 N–H and O–H groups in total. The first-order valence-electron chi connectivity index (χ1n) is 8.15. The van der Waals surface area contributed by atoms with E-state index in [4.69, 9.17) is 11.6 Å². The summed E-state index contributed by atoms with van der Waals surface area (Å²) in [4.78, 5) is 11.7. The Labute approximate surface area is 123 Å². The first-order chi connectivity index (χ1) is 11.7. The van der Waals surface area contributed by atoms with E-state index in [9.17, 15) is 15.0 Å². The number of phenols is 2. The van der Waals surface area contributed by atoms with Crippen molar-refractivity contribution < 1.29 is 26.6 Å². The lowest BCUT2D eigenvalue weighted by atomic mass is 10.2. The van der Waals surface area contributed by atoms with Gasteiger partial charge < -0.3 is 14.9 Å². The molecule has 2 rings (SSSR count). The molecule has 0 bridgehead atoms. The summed E-state index contributed by atoms with van der Waals surface area (Å²) in [6.07, 6.45) is 2.39. The van der Waals surface area contributed by atoms with E-state index in [-0.39, 0.29) is 17.1 Å². The van der Waals surface area contributed by atoms with E-state index in [0.29, 0.717) is 5.56 Å². The predicted molar refractivity (Wildman–Crippen MR) is 75.0 cm³/mol. The van der Waals surface area contributed by atoms with Crippen LogP contribution in [0.1, 0.15) is 18.0 Å². The van der Waals surface area contributed by atoms with E-state index >= 15 is 0 Å². The molecule has 0 radical (unpaired) electrons. The Morgan fingerprint density at radius 1 is 1.20 bits per heavy atom. The van der Waals surface area contributed by atoms with Crippen LogP contribution in [-0.2, 0) is 16.1 Å². The molecule has 0 unspecified atom stereocenters. The van der Waals surface area contributed by atoms with Crippen LogP contribution in [0.4, 0.5) is 0 Å². The minimum atomic E-state index is -0.792. The Hall–Kier alpha value is -2.75. The van der Waals surface area contributed by atoms with Gasteiger partial charge in [0.15, 0.2) is 11.5 Å². The smallest absolute Gasteiger partial charge is 0.331 e. The second kappa shape index (κ2) is 6.43. The van der Waals surface area contributed by atoms with E-state index in [2.05, 4.69) is 0 Å². The molecule has 0 atom stereocenters. The van der Waals surface area contributed by atoms with Crippen LogP contribution in [0, 0.1) is 0 Å². The zero-order valence-corrected chi connectivity index (χ0v) is 10.3. The molecule has 0 heterocycles. The van der Waals surface area contributed by atoms with Gasteiger partial charge in [-0.05, 0) is 29.3 Å². The van der Waals surface area contributed by atoms with Gasteiger partial charge in [0.25, 0.3) is 0 Å². The molecule has 0 fully saturated rings. The minimum Gasteiger partial charge on any atom is -0.504 e. The van der Waals surface area contributed by atoms with Gasteiger partial charge in [0, 0.05) is 6.08 Å². The van der Waals surface area contributed by atoms with Crippen molar-refractivity contribution in [2.45, 2.75) is 6.61 Å². The fourth-order valence-electron chi connectivity index (χ4n) is 1.35. The van der Waals surface area contributed by atoms with E-state index in [1.807, 2.05) is 0 Å². The third-order valence-corrected chi connectivity index (χ3v) is 2.32. The number of rotatable bonds is 4. The van der Waals surface area contributed by atoms with Crippen LogP contribution < -0.4 is 0 Å². The lowest BCUT2D eigenvalue weighted by molar-refractivity contribution is -0.138. The first-order valence-corrected chi connectivity index (χ1v) is 5.65. The quantitative estimate of drug-likeness (QED) is 0.511. The van der Waals surface area contributed by atoms with Crippen molar-refractivity contribution in [3.8, 4) is 11.5 Å². The van der Waals surface area contributed by atoms with Crippen LogP contribution in [-0.4, -0.2) is 16.2 Å². The number of aromatic hydroxyl groups is 2. The average Bonchev–Trinajstić information content (AvgIpc) is 2.59. The molecule has 0 aromatic heterocycles. The van der Waals surface area contributed by atoms with Gasteiger partial charge in [0.05, 0.1) is 6.85 Å².